The molecular weight excluding hydrogens is 226 g/mol. The quantitative estimate of drug-likeness (QED) is 0.469. The number of hydrogen-bond acceptors (Lipinski definition) is 5. The maximum atomic E-state index is 11.4. The summed E-state index contributed by atoms with van der Waals surface area (Å²) in [7, 11) is 1.77. The van der Waals surface area contributed by atoms with Crippen molar-refractivity contribution in [3.05, 3.63) is 0 Å². The number of aliphatic hydroxyl groups excluding tert-OH is 1. The Hall–Kier alpha value is -0.260. The Kier molecular flexibility index (Phi) is 9.77. The summed E-state index contributed by atoms with van der Waals surface area (Å²) in [6.45, 7) is 4.46. The van der Waals surface area contributed by atoms with Crippen LogP contribution in [0.5, 0.6) is 0 Å². The molecule has 0 radical (unpaired) electrons. The first-order valence-electron chi connectivity index (χ1n) is 5.68. The van der Waals surface area contributed by atoms with Gasteiger partial charge in [-0.05, 0) is 37.8 Å². The molecule has 0 aromatic rings. The summed E-state index contributed by atoms with van der Waals surface area (Å²) in [6.07, 6.45) is 0.762. The van der Waals surface area contributed by atoms with E-state index in [9.17, 15) is 4.79 Å². The van der Waals surface area contributed by atoms with Crippen molar-refractivity contribution in [3.8, 4) is 0 Å². The maximum Gasteiger partial charge on any atom is 0.323 e. The van der Waals surface area contributed by atoms with E-state index in [0.717, 1.165) is 17.9 Å². The summed E-state index contributed by atoms with van der Waals surface area (Å²) < 4.78 is 4.94. The van der Waals surface area contributed by atoms with Crippen LogP contribution in [0.2, 0.25) is 0 Å². The number of likely N-dealkylation sites (N-methyl/N-ethyl adjacent to an activating group) is 1. The first-order valence-corrected chi connectivity index (χ1v) is 6.83. The van der Waals surface area contributed by atoms with Crippen molar-refractivity contribution in [1.29, 1.82) is 0 Å². The second-order valence-corrected chi connectivity index (χ2v) is 4.89. The molecule has 0 aliphatic rings. The lowest BCUT2D eigenvalue weighted by Crippen LogP contribution is -2.36. The fraction of sp³-hybridized carbons (Fsp3) is 0.909. The minimum absolute atomic E-state index is 0.180. The zero-order valence-electron chi connectivity index (χ0n) is 10.4. The van der Waals surface area contributed by atoms with Crippen molar-refractivity contribution < 1.29 is 14.6 Å². The predicted octanol–water partition coefficient (Wildman–Crippen LogP) is 0.889. The second-order valence-electron chi connectivity index (χ2n) is 3.74. The first kappa shape index (κ1) is 15.7. The van der Waals surface area contributed by atoms with E-state index in [0.29, 0.717) is 12.5 Å². The van der Waals surface area contributed by atoms with E-state index in [2.05, 4.69) is 5.32 Å². The molecule has 0 aromatic heterocycles. The number of aliphatic hydroxyl groups is 1. The molecule has 0 heterocycles. The molecule has 2 N–H and O–H groups in total. The third-order valence-corrected chi connectivity index (χ3v) is 3.51. The highest BCUT2D eigenvalue weighted by Crippen LogP contribution is 2.10. The fourth-order valence-electron chi connectivity index (χ4n) is 1.16. The molecule has 16 heavy (non-hydrogen) atoms. The van der Waals surface area contributed by atoms with Crippen LogP contribution in [0.4, 0.5) is 0 Å². The Bertz CT molecular complexity index is 190. The zero-order valence-corrected chi connectivity index (χ0v) is 11.2. The number of nitrogens with one attached hydrogen (secondary N) is 1. The van der Waals surface area contributed by atoms with Crippen LogP contribution in [0, 0.1) is 5.92 Å². The molecule has 2 unspecified atom stereocenters. The van der Waals surface area contributed by atoms with Crippen molar-refractivity contribution in [2.24, 2.45) is 5.92 Å². The largest absolute Gasteiger partial charge is 0.465 e. The molecule has 0 bridgehead atoms. The molecule has 0 aromatic carbocycles. The third-order valence-electron chi connectivity index (χ3n) is 2.18. The van der Waals surface area contributed by atoms with Gasteiger partial charge in [0.05, 0.1) is 6.61 Å². The molecule has 0 rings (SSSR count). The Morgan fingerprint density at radius 3 is 2.75 bits per heavy atom. The van der Waals surface area contributed by atoms with Crippen LogP contribution >= 0.6 is 11.8 Å². The number of ether oxygens (including phenoxy) is 1. The van der Waals surface area contributed by atoms with Gasteiger partial charge in [0.1, 0.15) is 6.04 Å². The van der Waals surface area contributed by atoms with Crippen LogP contribution in [-0.2, 0) is 9.53 Å². The minimum atomic E-state index is -0.211. The molecule has 0 aliphatic heterocycles. The number of carbonyl (C=O) groups excluding carboxylic acids is 1. The molecule has 96 valence electrons. The number of esters is 1. The van der Waals surface area contributed by atoms with Gasteiger partial charge in [-0.25, -0.2) is 0 Å². The molecule has 0 saturated heterocycles. The summed E-state index contributed by atoms with van der Waals surface area (Å²) in [6, 6.07) is -0.211. The van der Waals surface area contributed by atoms with Crippen molar-refractivity contribution in [3.63, 3.8) is 0 Å². The summed E-state index contributed by atoms with van der Waals surface area (Å²) in [5.74, 6) is 1.96. The van der Waals surface area contributed by atoms with Crippen molar-refractivity contribution >= 4 is 17.7 Å². The number of thioether (sulfide) groups is 1. The summed E-state index contributed by atoms with van der Waals surface area (Å²) in [5.41, 5.74) is 0. The van der Waals surface area contributed by atoms with Gasteiger partial charge in [-0.2, -0.15) is 11.8 Å². The molecule has 0 aliphatic carbocycles. The highest BCUT2D eigenvalue weighted by Gasteiger charge is 2.16. The maximum absolute atomic E-state index is 11.4. The highest BCUT2D eigenvalue weighted by atomic mass is 32.2. The molecule has 0 amide bonds. The summed E-state index contributed by atoms with van der Waals surface area (Å²) >= 11 is 1.76. The van der Waals surface area contributed by atoms with E-state index in [4.69, 9.17) is 9.84 Å². The monoisotopic (exact) mass is 249 g/mol. The average molecular weight is 249 g/mol. The predicted molar refractivity (Wildman–Crippen MR) is 67.7 cm³/mol. The van der Waals surface area contributed by atoms with Crippen LogP contribution in [0.25, 0.3) is 0 Å². The lowest BCUT2D eigenvalue weighted by molar-refractivity contribution is -0.145. The first-order chi connectivity index (χ1) is 7.65. The Morgan fingerprint density at radius 2 is 2.25 bits per heavy atom. The lowest BCUT2D eigenvalue weighted by atomic mass is 10.2. The molecule has 4 nitrogen and oxygen atoms in total. The van der Waals surface area contributed by atoms with Crippen molar-refractivity contribution in [1.82, 2.24) is 5.32 Å². The van der Waals surface area contributed by atoms with Crippen LogP contribution in [0.3, 0.4) is 0 Å². The van der Waals surface area contributed by atoms with Crippen LogP contribution in [0.1, 0.15) is 20.3 Å². The van der Waals surface area contributed by atoms with Crippen LogP contribution < -0.4 is 5.32 Å². The smallest absolute Gasteiger partial charge is 0.323 e. The van der Waals surface area contributed by atoms with E-state index in [1.54, 1.807) is 18.8 Å². The van der Waals surface area contributed by atoms with Crippen molar-refractivity contribution in [2.75, 3.05) is 31.8 Å². The highest BCUT2D eigenvalue weighted by molar-refractivity contribution is 7.99. The van der Waals surface area contributed by atoms with E-state index in [1.807, 2.05) is 13.8 Å². The van der Waals surface area contributed by atoms with Gasteiger partial charge in [0.15, 0.2) is 0 Å². The van der Waals surface area contributed by atoms with Crippen LogP contribution in [0.15, 0.2) is 0 Å². The van der Waals surface area contributed by atoms with Crippen LogP contribution in [-0.4, -0.2) is 48.9 Å². The summed E-state index contributed by atoms with van der Waals surface area (Å²) in [5, 5.41) is 11.8. The normalized spacial score (nSPS) is 14.5. The topological polar surface area (TPSA) is 58.6 Å². The number of carbonyl (C=O) groups is 1. The van der Waals surface area contributed by atoms with Gasteiger partial charge in [-0.15, -0.1) is 0 Å². The van der Waals surface area contributed by atoms with Gasteiger partial charge in [-0.3, -0.25) is 4.79 Å². The van der Waals surface area contributed by atoms with Gasteiger partial charge in [0.25, 0.3) is 0 Å². The number of hydrogen-bond donors (Lipinski definition) is 2. The zero-order chi connectivity index (χ0) is 12.4. The molecule has 5 heteroatoms. The molecule has 0 spiro atoms. The Morgan fingerprint density at radius 1 is 1.56 bits per heavy atom. The van der Waals surface area contributed by atoms with Gasteiger partial charge in [-0.1, -0.05) is 6.92 Å². The summed E-state index contributed by atoms with van der Waals surface area (Å²) in [4.78, 5) is 11.4. The molecular formula is C11H23NO3S. The Balaban J connectivity index is 3.66. The van der Waals surface area contributed by atoms with Gasteiger partial charge >= 0.3 is 5.97 Å². The van der Waals surface area contributed by atoms with Crippen molar-refractivity contribution in [2.45, 2.75) is 26.3 Å². The van der Waals surface area contributed by atoms with E-state index in [-0.39, 0.29) is 18.6 Å². The fourth-order valence-corrected chi connectivity index (χ4v) is 2.24. The minimum Gasteiger partial charge on any atom is -0.465 e. The molecule has 0 fully saturated rings. The Labute approximate surface area is 102 Å². The molecule has 2 atom stereocenters. The lowest BCUT2D eigenvalue weighted by Gasteiger charge is -2.14. The third kappa shape index (κ3) is 7.09. The van der Waals surface area contributed by atoms with Gasteiger partial charge < -0.3 is 15.2 Å². The van der Waals surface area contributed by atoms with E-state index in [1.165, 1.54) is 0 Å². The molecule has 0 saturated carbocycles. The number of rotatable bonds is 9. The SMILES string of the molecule is CCOC(=O)C(CCSCC(C)CO)NC. The van der Waals surface area contributed by atoms with Gasteiger partial charge in [0, 0.05) is 6.61 Å². The van der Waals surface area contributed by atoms with E-state index >= 15 is 0 Å². The average Bonchev–Trinajstić information content (AvgIpc) is 2.29. The van der Waals surface area contributed by atoms with E-state index < -0.39 is 0 Å². The second kappa shape index (κ2) is 9.93. The standard InChI is InChI=1S/C11H23NO3S/c1-4-15-11(14)10(12-3)5-6-16-8-9(2)7-13/h9-10,12-13H,4-8H2,1-3H3. The van der Waals surface area contributed by atoms with Gasteiger partial charge in [0.2, 0.25) is 0 Å².